The fourth-order valence-corrected chi connectivity index (χ4v) is 5.86. The fourth-order valence-electron chi connectivity index (χ4n) is 5.71. The number of primary amides is 1. The van der Waals surface area contributed by atoms with Crippen LogP contribution in [-0.2, 0) is 31.3 Å². The summed E-state index contributed by atoms with van der Waals surface area (Å²) >= 11 is 6.28. The highest BCUT2D eigenvalue weighted by Gasteiger charge is 2.74. The summed E-state index contributed by atoms with van der Waals surface area (Å²) in [5, 5.41) is 5.22. The molecule has 4 amide bonds. The number of benzene rings is 2. The number of nitrogens with zero attached hydrogens (tertiary/aromatic N) is 1. The van der Waals surface area contributed by atoms with E-state index in [-0.39, 0.29) is 30.7 Å². The lowest BCUT2D eigenvalue weighted by Gasteiger charge is -2.26. The summed E-state index contributed by atoms with van der Waals surface area (Å²) in [4.78, 5) is 53.6. The topological polar surface area (TPSA) is 126 Å². The smallest absolute Gasteiger partial charge is 0.291 e. The van der Waals surface area contributed by atoms with Gasteiger partial charge < -0.3 is 16.4 Å². The van der Waals surface area contributed by atoms with Crippen molar-refractivity contribution in [2.45, 2.75) is 37.9 Å². The minimum absolute atomic E-state index is 0.0642. The number of hydrogen-bond acceptors (Lipinski definition) is 4. The molecule has 2 aromatic carbocycles. The van der Waals surface area contributed by atoms with Crippen molar-refractivity contribution in [1.29, 1.82) is 0 Å². The van der Waals surface area contributed by atoms with Gasteiger partial charge >= 0.3 is 0 Å². The number of fused-ring (bicyclic) bond motifs is 4. The van der Waals surface area contributed by atoms with Crippen LogP contribution in [0.2, 0.25) is 5.02 Å². The van der Waals surface area contributed by atoms with Crippen LogP contribution in [0.15, 0.2) is 42.5 Å². The van der Waals surface area contributed by atoms with E-state index in [1.807, 2.05) is 30.3 Å². The summed E-state index contributed by atoms with van der Waals surface area (Å²) < 4.78 is 0. The lowest BCUT2D eigenvalue weighted by atomic mass is 9.76. The van der Waals surface area contributed by atoms with Gasteiger partial charge in [-0.2, -0.15) is 0 Å². The molecule has 3 heterocycles. The summed E-state index contributed by atoms with van der Waals surface area (Å²) in [5.74, 6) is -3.13. The Morgan fingerprint density at radius 3 is 2.58 bits per heavy atom. The number of halogens is 1. The van der Waals surface area contributed by atoms with Crippen molar-refractivity contribution in [3.63, 3.8) is 0 Å². The van der Waals surface area contributed by atoms with Crippen molar-refractivity contribution in [2.24, 2.45) is 17.6 Å². The van der Waals surface area contributed by atoms with E-state index in [1.54, 1.807) is 24.4 Å². The number of rotatable bonds is 5. The van der Waals surface area contributed by atoms with Gasteiger partial charge in [-0.1, -0.05) is 41.9 Å². The first-order chi connectivity index (χ1) is 15.8. The number of nitrogens with two attached hydrogens (primary N) is 2. The van der Waals surface area contributed by atoms with Gasteiger partial charge in [-0.15, -0.1) is 0 Å². The van der Waals surface area contributed by atoms with Crippen LogP contribution in [-0.4, -0.2) is 34.6 Å². The Morgan fingerprint density at radius 2 is 1.88 bits per heavy atom. The number of quaternary nitrogens is 1. The lowest BCUT2D eigenvalue weighted by Crippen LogP contribution is -2.99. The van der Waals surface area contributed by atoms with Gasteiger partial charge in [-0.25, -0.2) is 0 Å². The van der Waals surface area contributed by atoms with Crippen LogP contribution in [0.3, 0.4) is 0 Å². The third-order valence-corrected chi connectivity index (χ3v) is 7.65. The molecule has 4 atom stereocenters. The number of imide groups is 1. The van der Waals surface area contributed by atoms with E-state index in [0.29, 0.717) is 28.3 Å². The predicted molar refractivity (Wildman–Crippen MR) is 120 cm³/mol. The second-order valence-corrected chi connectivity index (χ2v) is 9.41. The Kier molecular flexibility index (Phi) is 5.02. The first-order valence-electron chi connectivity index (χ1n) is 10.9. The van der Waals surface area contributed by atoms with E-state index in [2.05, 4.69) is 5.32 Å². The molecular formula is C24H24ClN4O4+. The van der Waals surface area contributed by atoms with E-state index in [9.17, 15) is 19.2 Å². The van der Waals surface area contributed by atoms with Crippen LogP contribution in [0.25, 0.3) is 0 Å². The summed E-state index contributed by atoms with van der Waals surface area (Å²) in [7, 11) is 0. The lowest BCUT2D eigenvalue weighted by molar-refractivity contribution is -0.734. The van der Waals surface area contributed by atoms with Crippen LogP contribution >= 0.6 is 11.6 Å². The van der Waals surface area contributed by atoms with Gasteiger partial charge in [0.05, 0.1) is 12.2 Å². The zero-order valence-corrected chi connectivity index (χ0v) is 18.8. The minimum atomic E-state index is -1.30. The molecule has 2 saturated heterocycles. The van der Waals surface area contributed by atoms with Crippen molar-refractivity contribution >= 4 is 40.9 Å². The van der Waals surface area contributed by atoms with Crippen molar-refractivity contribution < 1.29 is 24.5 Å². The maximum Gasteiger partial charge on any atom is 0.291 e. The van der Waals surface area contributed by atoms with Gasteiger partial charge in [0, 0.05) is 23.4 Å². The molecular weight excluding hydrogens is 444 g/mol. The molecule has 9 heteroatoms. The molecule has 3 aliphatic heterocycles. The molecule has 3 aliphatic rings. The number of likely N-dealkylation sites (tertiary alicyclic amines) is 1. The molecule has 0 aromatic heterocycles. The second-order valence-electron chi connectivity index (χ2n) is 9.01. The zero-order valence-electron chi connectivity index (χ0n) is 18.0. The Balaban J connectivity index is 1.61. The normalized spacial score (nSPS) is 27.8. The number of nitrogens with one attached hydrogen (secondary N) is 1. The molecule has 170 valence electrons. The van der Waals surface area contributed by atoms with E-state index >= 15 is 0 Å². The number of carbonyl (C=O) groups is 4. The number of anilines is 1. The molecule has 1 spiro atoms. The minimum Gasteiger partial charge on any atom is -0.370 e. The fraction of sp³-hybridized carbons (Fsp3) is 0.333. The van der Waals surface area contributed by atoms with Crippen molar-refractivity contribution in [2.75, 3.05) is 5.32 Å². The predicted octanol–water partition coefficient (Wildman–Crippen LogP) is 0.808. The number of amides is 4. The molecule has 0 aliphatic carbocycles. The largest absolute Gasteiger partial charge is 0.370 e. The zero-order chi connectivity index (χ0) is 23.5. The van der Waals surface area contributed by atoms with Crippen molar-refractivity contribution in [1.82, 2.24) is 4.90 Å². The molecule has 0 saturated carbocycles. The van der Waals surface area contributed by atoms with Crippen LogP contribution in [0.1, 0.15) is 29.5 Å². The molecule has 0 unspecified atom stereocenters. The highest BCUT2D eigenvalue weighted by Crippen LogP contribution is 2.51. The maximum atomic E-state index is 13.7. The third-order valence-electron chi connectivity index (χ3n) is 7.24. The molecule has 0 radical (unpaired) electrons. The average Bonchev–Trinajstić information content (AvgIpc) is 3.37. The molecule has 2 aromatic rings. The maximum absolute atomic E-state index is 13.7. The van der Waals surface area contributed by atoms with E-state index < -0.39 is 29.3 Å². The molecule has 0 bridgehead atoms. The molecule has 8 nitrogen and oxygen atoms in total. The van der Waals surface area contributed by atoms with Gasteiger partial charge in [-0.05, 0) is 30.2 Å². The van der Waals surface area contributed by atoms with Crippen LogP contribution in [0.5, 0.6) is 0 Å². The van der Waals surface area contributed by atoms with Crippen LogP contribution in [0, 0.1) is 18.8 Å². The molecule has 33 heavy (non-hydrogen) atoms. The van der Waals surface area contributed by atoms with Gasteiger partial charge in [0.25, 0.3) is 5.91 Å². The standard InChI is InChI=1S/C24H23ClN4O4/c1-12-15(25)8-7-14-20(12)27-23(33)24(14)19-18(16(28-24)9-10-17(26)30)21(31)29(22(19)32)11-13-5-3-2-4-6-13/h2-8,16,18-19,28H,9-11H2,1H3,(H2,26,30)(H,27,33)/p+1/t16-,18-,19+,24+/m1/s1. The highest BCUT2D eigenvalue weighted by molar-refractivity contribution is 6.32. The first kappa shape index (κ1) is 21.6. The van der Waals surface area contributed by atoms with E-state index in [4.69, 9.17) is 17.3 Å². The second kappa shape index (κ2) is 7.67. The monoisotopic (exact) mass is 467 g/mol. The van der Waals surface area contributed by atoms with E-state index in [0.717, 1.165) is 5.56 Å². The Hall–Kier alpha value is -3.23. The van der Waals surface area contributed by atoms with Gasteiger partial charge in [0.2, 0.25) is 23.3 Å². The molecule has 2 fully saturated rings. The average molecular weight is 468 g/mol. The van der Waals surface area contributed by atoms with Gasteiger partial charge in [0.1, 0.15) is 17.9 Å². The molecule has 5 N–H and O–H groups in total. The van der Waals surface area contributed by atoms with E-state index in [1.165, 1.54) is 4.90 Å². The first-order valence-corrected chi connectivity index (χ1v) is 11.3. The van der Waals surface area contributed by atoms with Gasteiger partial charge in [0.15, 0.2) is 0 Å². The quantitative estimate of drug-likeness (QED) is 0.562. The summed E-state index contributed by atoms with van der Waals surface area (Å²) in [6.07, 6.45) is 0.361. The SMILES string of the molecule is Cc1c(Cl)ccc2c1NC(=O)[C@]21[NH2+][C@H](CCC(N)=O)[C@H]2C(=O)N(Cc3ccccc3)C(=O)[C@H]21. The third kappa shape index (κ3) is 3.08. The summed E-state index contributed by atoms with van der Waals surface area (Å²) in [6, 6.07) is 12.3. The van der Waals surface area contributed by atoms with Gasteiger partial charge in [-0.3, -0.25) is 24.1 Å². The summed E-state index contributed by atoms with van der Waals surface area (Å²) in [5.41, 5.74) is 6.84. The number of hydrogen-bond donors (Lipinski definition) is 3. The van der Waals surface area contributed by atoms with Crippen LogP contribution in [0.4, 0.5) is 5.69 Å². The number of carbonyl (C=O) groups excluding carboxylic acids is 4. The summed E-state index contributed by atoms with van der Waals surface area (Å²) in [6.45, 7) is 1.94. The van der Waals surface area contributed by atoms with Crippen molar-refractivity contribution in [3.8, 4) is 0 Å². The Morgan fingerprint density at radius 1 is 1.15 bits per heavy atom. The molecule has 5 rings (SSSR count). The Bertz CT molecular complexity index is 1200. The highest BCUT2D eigenvalue weighted by atomic mass is 35.5. The Labute approximate surface area is 195 Å². The van der Waals surface area contributed by atoms with Crippen molar-refractivity contribution in [3.05, 3.63) is 64.2 Å². The van der Waals surface area contributed by atoms with Crippen LogP contribution < -0.4 is 16.4 Å².